The fourth-order valence-corrected chi connectivity index (χ4v) is 2.76. The smallest absolute Gasteiger partial charge is 0.326 e. The summed E-state index contributed by atoms with van der Waals surface area (Å²) in [7, 11) is 0. The van der Waals surface area contributed by atoms with Crippen LogP contribution in [0.4, 0.5) is 0 Å². The van der Waals surface area contributed by atoms with Crippen LogP contribution in [0.25, 0.3) is 0 Å². The third kappa shape index (κ3) is 10.1. The van der Waals surface area contributed by atoms with Gasteiger partial charge in [0, 0.05) is 23.5 Å². The fraction of sp³-hybridized carbons (Fsp3) is 0.500. The molecule has 0 spiro atoms. The number of hydrogen-bond acceptors (Lipinski definition) is 3. The van der Waals surface area contributed by atoms with E-state index in [1.807, 2.05) is 0 Å². The summed E-state index contributed by atoms with van der Waals surface area (Å²) in [5.41, 5.74) is 1.23. The molecule has 0 aliphatic carbocycles. The van der Waals surface area contributed by atoms with Gasteiger partial charge < -0.3 is 15.7 Å². The normalized spacial score (nSPS) is 11.6. The van der Waals surface area contributed by atoms with Crippen molar-refractivity contribution in [3.63, 3.8) is 0 Å². The van der Waals surface area contributed by atoms with E-state index in [1.54, 1.807) is 0 Å². The molecule has 0 fully saturated rings. The molecule has 0 heterocycles. The molecule has 1 aromatic rings. The molecule has 0 saturated heterocycles. The minimum atomic E-state index is -1.03. The summed E-state index contributed by atoms with van der Waals surface area (Å²) in [6.45, 7) is 1.82. The highest BCUT2D eigenvalue weighted by molar-refractivity contribution is 14.1. The lowest BCUT2D eigenvalue weighted by atomic mass is 10.1. The van der Waals surface area contributed by atoms with Gasteiger partial charge in [0.1, 0.15) is 6.04 Å². The Kier molecular flexibility index (Phi) is 10.1. The average molecular weight is 460 g/mol. The molecule has 2 amide bonds. The number of carboxylic acids is 1. The summed E-state index contributed by atoms with van der Waals surface area (Å²) in [5.74, 6) is -1.37. The van der Waals surface area contributed by atoms with Crippen molar-refractivity contribution >= 4 is 40.4 Å². The van der Waals surface area contributed by atoms with Crippen LogP contribution in [0.2, 0.25) is 0 Å². The first-order valence-corrected chi connectivity index (χ1v) is 9.47. The molecule has 138 valence electrons. The van der Waals surface area contributed by atoms with Gasteiger partial charge in [0.15, 0.2) is 0 Å². The first kappa shape index (κ1) is 21.4. The molecule has 1 rings (SSSR count). The van der Waals surface area contributed by atoms with E-state index >= 15 is 0 Å². The summed E-state index contributed by atoms with van der Waals surface area (Å²) in [5, 5.41) is 14.2. The van der Waals surface area contributed by atoms with Crippen LogP contribution in [-0.2, 0) is 20.8 Å². The van der Waals surface area contributed by atoms with E-state index in [9.17, 15) is 14.4 Å². The quantitative estimate of drug-likeness (QED) is 0.349. The Hall–Kier alpha value is -1.64. The van der Waals surface area contributed by atoms with Gasteiger partial charge in [0.2, 0.25) is 11.8 Å². The highest BCUT2D eigenvalue weighted by atomic mass is 127. The van der Waals surface area contributed by atoms with E-state index in [-0.39, 0.29) is 11.8 Å². The molecule has 6 nitrogen and oxygen atoms in total. The Morgan fingerprint density at radius 1 is 1.12 bits per heavy atom. The van der Waals surface area contributed by atoms with Crippen molar-refractivity contribution in [3.05, 3.63) is 33.4 Å². The van der Waals surface area contributed by atoms with E-state index in [0.29, 0.717) is 32.2 Å². The predicted molar refractivity (Wildman–Crippen MR) is 104 cm³/mol. The first-order valence-electron chi connectivity index (χ1n) is 8.39. The van der Waals surface area contributed by atoms with Gasteiger partial charge in [-0.3, -0.25) is 9.59 Å². The predicted octanol–water partition coefficient (Wildman–Crippen LogP) is 2.49. The Labute approximate surface area is 161 Å². The van der Waals surface area contributed by atoms with Gasteiger partial charge >= 0.3 is 5.97 Å². The summed E-state index contributed by atoms with van der Waals surface area (Å²) >= 11 is 2.26. The average Bonchev–Trinajstić information content (AvgIpc) is 2.54. The highest BCUT2D eigenvalue weighted by Gasteiger charge is 2.17. The van der Waals surface area contributed by atoms with Crippen molar-refractivity contribution in [2.24, 2.45) is 0 Å². The minimum absolute atomic E-state index is 0.0159. The molecule has 0 aromatic heterocycles. The number of halogens is 1. The van der Waals surface area contributed by atoms with Crippen LogP contribution in [0.1, 0.15) is 44.6 Å². The lowest BCUT2D eigenvalue weighted by Crippen LogP contribution is -2.39. The van der Waals surface area contributed by atoms with Crippen LogP contribution in [0.15, 0.2) is 24.3 Å². The second-order valence-corrected chi connectivity index (χ2v) is 7.16. The maximum atomic E-state index is 11.8. The second kappa shape index (κ2) is 11.8. The number of carboxylic acid groups (broad SMARTS) is 1. The molecule has 0 saturated carbocycles. The zero-order chi connectivity index (χ0) is 18.7. The molecule has 3 N–H and O–H groups in total. The number of nitrogens with one attached hydrogen (secondary N) is 2. The summed E-state index contributed by atoms with van der Waals surface area (Å²) < 4.78 is 1.20. The highest BCUT2D eigenvalue weighted by Crippen LogP contribution is 2.09. The zero-order valence-electron chi connectivity index (χ0n) is 14.4. The number of aryl methyl sites for hydroxylation is 1. The maximum Gasteiger partial charge on any atom is 0.326 e. The van der Waals surface area contributed by atoms with E-state index in [1.165, 1.54) is 16.1 Å². The Bertz CT molecular complexity index is 575. The van der Waals surface area contributed by atoms with Gasteiger partial charge in [-0.15, -0.1) is 0 Å². The zero-order valence-corrected chi connectivity index (χ0v) is 16.5. The van der Waals surface area contributed by atoms with Crippen LogP contribution in [0, 0.1) is 3.57 Å². The molecule has 0 aliphatic heterocycles. The fourth-order valence-electron chi connectivity index (χ4n) is 2.40. The van der Waals surface area contributed by atoms with Crippen molar-refractivity contribution in [1.29, 1.82) is 0 Å². The van der Waals surface area contributed by atoms with Gasteiger partial charge in [-0.05, 0) is 72.4 Å². The van der Waals surface area contributed by atoms with Crippen molar-refractivity contribution < 1.29 is 19.5 Å². The van der Waals surface area contributed by atoms with Crippen LogP contribution in [-0.4, -0.2) is 35.5 Å². The number of aliphatic carboxylic acids is 1. The first-order chi connectivity index (χ1) is 11.9. The minimum Gasteiger partial charge on any atom is -0.480 e. The van der Waals surface area contributed by atoms with E-state index in [0.717, 1.165) is 12.8 Å². The van der Waals surface area contributed by atoms with Gasteiger partial charge in [0.05, 0.1) is 0 Å². The van der Waals surface area contributed by atoms with Crippen LogP contribution >= 0.6 is 22.6 Å². The van der Waals surface area contributed by atoms with Crippen LogP contribution in [0.5, 0.6) is 0 Å². The number of rotatable bonds is 11. The summed E-state index contributed by atoms with van der Waals surface area (Å²) in [6, 6.07) is 7.41. The molecular weight excluding hydrogens is 435 g/mol. The van der Waals surface area contributed by atoms with Crippen LogP contribution in [0.3, 0.4) is 0 Å². The van der Waals surface area contributed by atoms with Gasteiger partial charge in [-0.25, -0.2) is 4.79 Å². The number of amides is 2. The Morgan fingerprint density at radius 2 is 1.80 bits per heavy atom. The maximum absolute atomic E-state index is 11.8. The number of carbonyl (C=O) groups excluding carboxylic acids is 2. The third-order valence-electron chi connectivity index (χ3n) is 3.70. The molecule has 7 heteroatoms. The summed E-state index contributed by atoms with van der Waals surface area (Å²) in [6.07, 6.45) is 3.83. The van der Waals surface area contributed by atoms with Crippen molar-refractivity contribution in [1.82, 2.24) is 10.6 Å². The molecule has 0 aliphatic rings. The van der Waals surface area contributed by atoms with Crippen LogP contribution < -0.4 is 10.6 Å². The molecular formula is C18H25IN2O4. The largest absolute Gasteiger partial charge is 0.480 e. The lowest BCUT2D eigenvalue weighted by Gasteiger charge is -2.13. The molecule has 0 radical (unpaired) electrons. The van der Waals surface area contributed by atoms with E-state index < -0.39 is 12.0 Å². The molecule has 1 atom stereocenters. The van der Waals surface area contributed by atoms with Crippen molar-refractivity contribution in [3.8, 4) is 0 Å². The Balaban J connectivity index is 2.10. The molecule has 1 aromatic carbocycles. The SMILES string of the molecule is CC(=O)N[C@H](CCCCNC(=O)CCCc1ccc(I)cc1)C(=O)O. The lowest BCUT2D eigenvalue weighted by molar-refractivity contribution is -0.141. The molecule has 0 bridgehead atoms. The molecule has 25 heavy (non-hydrogen) atoms. The topological polar surface area (TPSA) is 95.5 Å². The third-order valence-corrected chi connectivity index (χ3v) is 4.42. The van der Waals surface area contributed by atoms with E-state index in [2.05, 4.69) is 57.5 Å². The van der Waals surface area contributed by atoms with Gasteiger partial charge in [-0.2, -0.15) is 0 Å². The van der Waals surface area contributed by atoms with Crippen molar-refractivity contribution in [2.75, 3.05) is 6.54 Å². The Morgan fingerprint density at radius 3 is 2.40 bits per heavy atom. The monoisotopic (exact) mass is 460 g/mol. The van der Waals surface area contributed by atoms with Gasteiger partial charge in [-0.1, -0.05) is 12.1 Å². The second-order valence-electron chi connectivity index (χ2n) is 5.92. The number of unbranched alkanes of at least 4 members (excludes halogenated alkanes) is 1. The summed E-state index contributed by atoms with van der Waals surface area (Å²) in [4.78, 5) is 33.7. The van der Waals surface area contributed by atoms with Crippen molar-refractivity contribution in [2.45, 2.75) is 51.5 Å². The number of carbonyl (C=O) groups is 3. The van der Waals surface area contributed by atoms with E-state index in [4.69, 9.17) is 5.11 Å². The van der Waals surface area contributed by atoms with Gasteiger partial charge in [0.25, 0.3) is 0 Å². The number of hydrogen-bond donors (Lipinski definition) is 3. The number of benzene rings is 1. The molecule has 0 unspecified atom stereocenters. The standard InChI is InChI=1S/C18H25IN2O4/c1-13(22)21-16(18(24)25)6-2-3-12-20-17(23)7-4-5-14-8-10-15(19)11-9-14/h8-11,16H,2-7,12H2,1H3,(H,20,23)(H,21,22)(H,24,25)/t16-/m1/s1.